The van der Waals surface area contributed by atoms with Crippen LogP contribution >= 0.6 is 12.6 Å². The van der Waals surface area contributed by atoms with Crippen LogP contribution in [0.25, 0.3) is 0 Å². The molecule has 0 aliphatic rings. The van der Waals surface area contributed by atoms with E-state index in [0.717, 1.165) is 31.1 Å². The molecule has 1 aromatic rings. The van der Waals surface area contributed by atoms with Gasteiger partial charge in [0.1, 0.15) is 0 Å². The molecule has 1 heterocycles. The van der Waals surface area contributed by atoms with Crippen LogP contribution in [0.4, 0.5) is 0 Å². The molecule has 0 unspecified atom stereocenters. The van der Waals surface area contributed by atoms with Gasteiger partial charge in [0.15, 0.2) is 0 Å². The summed E-state index contributed by atoms with van der Waals surface area (Å²) in [5, 5.41) is 0. The van der Waals surface area contributed by atoms with Gasteiger partial charge in [-0.1, -0.05) is 26.8 Å². The molecule has 0 radical (unpaired) electrons. The highest BCUT2D eigenvalue weighted by Gasteiger charge is 2.26. The predicted octanol–water partition coefficient (Wildman–Crippen LogP) is 3.64. The van der Waals surface area contributed by atoms with Gasteiger partial charge in [0.2, 0.25) is 0 Å². The zero-order valence-corrected chi connectivity index (χ0v) is 12.8. The number of pyridine rings is 1. The fraction of sp³-hybridized carbons (Fsp3) is 0.667. The zero-order chi connectivity index (χ0) is 13.4. The molecule has 0 fully saturated rings. The van der Waals surface area contributed by atoms with E-state index in [4.69, 9.17) is 0 Å². The maximum absolute atomic E-state index is 4.56. The summed E-state index contributed by atoms with van der Waals surface area (Å²) < 4.78 is 0. The summed E-state index contributed by atoms with van der Waals surface area (Å²) in [4.78, 5) is 6.89. The van der Waals surface area contributed by atoms with Gasteiger partial charge >= 0.3 is 0 Å². The Labute approximate surface area is 117 Å². The number of rotatable bonds is 8. The predicted molar refractivity (Wildman–Crippen MR) is 82.1 cm³/mol. The summed E-state index contributed by atoms with van der Waals surface area (Å²) in [5.74, 6) is 0.957. The first-order valence-corrected chi connectivity index (χ1v) is 7.56. The van der Waals surface area contributed by atoms with Crippen LogP contribution in [0, 0.1) is 5.41 Å². The van der Waals surface area contributed by atoms with Gasteiger partial charge in [-0.25, -0.2) is 0 Å². The molecule has 0 saturated heterocycles. The van der Waals surface area contributed by atoms with Crippen molar-refractivity contribution in [3.63, 3.8) is 0 Å². The van der Waals surface area contributed by atoms with E-state index in [-0.39, 0.29) is 0 Å². The molecule has 0 aliphatic heterocycles. The lowest BCUT2D eigenvalue weighted by Gasteiger charge is -2.35. The Balaban J connectivity index is 2.66. The van der Waals surface area contributed by atoms with Crippen molar-refractivity contribution < 1.29 is 0 Å². The van der Waals surface area contributed by atoms with E-state index in [2.05, 4.69) is 55.4 Å². The van der Waals surface area contributed by atoms with E-state index < -0.39 is 0 Å². The minimum Gasteiger partial charge on any atom is -0.297 e. The molecule has 0 saturated carbocycles. The summed E-state index contributed by atoms with van der Waals surface area (Å²) >= 11 is 4.56. The number of thiol groups is 1. The minimum atomic E-state index is 0.341. The van der Waals surface area contributed by atoms with Gasteiger partial charge in [-0.05, 0) is 42.7 Å². The van der Waals surface area contributed by atoms with Crippen LogP contribution in [0.5, 0.6) is 0 Å². The highest BCUT2D eigenvalue weighted by molar-refractivity contribution is 7.80. The lowest BCUT2D eigenvalue weighted by Crippen LogP contribution is -2.38. The second-order valence-electron chi connectivity index (χ2n) is 4.99. The number of nitrogens with zero attached hydrogens (tertiary/aromatic N) is 2. The van der Waals surface area contributed by atoms with E-state index in [0.29, 0.717) is 5.41 Å². The second kappa shape index (κ2) is 7.80. The summed E-state index contributed by atoms with van der Waals surface area (Å²) in [6.45, 7) is 9.87. The van der Waals surface area contributed by atoms with Crippen molar-refractivity contribution in [3.8, 4) is 0 Å². The quantitative estimate of drug-likeness (QED) is 0.723. The second-order valence-corrected chi connectivity index (χ2v) is 5.31. The van der Waals surface area contributed by atoms with Gasteiger partial charge in [-0.15, -0.1) is 0 Å². The molecule has 102 valence electrons. The molecule has 18 heavy (non-hydrogen) atoms. The highest BCUT2D eigenvalue weighted by Crippen LogP contribution is 2.29. The lowest BCUT2D eigenvalue weighted by atomic mass is 9.84. The molecule has 3 heteroatoms. The van der Waals surface area contributed by atoms with E-state index in [1.54, 1.807) is 0 Å². The summed E-state index contributed by atoms with van der Waals surface area (Å²) in [6.07, 6.45) is 4.24. The number of hydrogen-bond donors (Lipinski definition) is 1. The largest absolute Gasteiger partial charge is 0.297 e. The molecule has 0 spiro atoms. The van der Waals surface area contributed by atoms with Gasteiger partial charge < -0.3 is 0 Å². The van der Waals surface area contributed by atoms with Crippen LogP contribution in [0.15, 0.2) is 24.4 Å². The topological polar surface area (TPSA) is 16.1 Å². The van der Waals surface area contributed by atoms with Crippen molar-refractivity contribution >= 4 is 12.6 Å². The van der Waals surface area contributed by atoms with Crippen LogP contribution in [0.3, 0.4) is 0 Å². The molecular formula is C15H26N2S. The Morgan fingerprint density at radius 3 is 2.39 bits per heavy atom. The molecule has 0 aromatic carbocycles. The monoisotopic (exact) mass is 266 g/mol. The maximum atomic E-state index is 4.56. The van der Waals surface area contributed by atoms with Crippen LogP contribution in [0.1, 0.15) is 39.3 Å². The molecule has 0 N–H and O–H groups in total. The smallest absolute Gasteiger partial charge is 0.0543 e. The third-order valence-electron chi connectivity index (χ3n) is 3.95. The van der Waals surface area contributed by atoms with Crippen LogP contribution in [0.2, 0.25) is 0 Å². The first-order chi connectivity index (χ1) is 8.69. The Hall–Kier alpha value is -0.540. The average molecular weight is 266 g/mol. The first-order valence-electron chi connectivity index (χ1n) is 6.92. The normalized spacial score (nSPS) is 12.1. The van der Waals surface area contributed by atoms with Gasteiger partial charge in [0, 0.05) is 19.3 Å². The fourth-order valence-electron chi connectivity index (χ4n) is 2.22. The third-order valence-corrected chi connectivity index (χ3v) is 4.62. The fourth-order valence-corrected chi connectivity index (χ4v) is 2.77. The Bertz CT molecular complexity index is 314. The van der Waals surface area contributed by atoms with Crippen molar-refractivity contribution in [2.45, 2.75) is 40.2 Å². The van der Waals surface area contributed by atoms with Gasteiger partial charge in [0.25, 0.3) is 0 Å². The molecule has 1 aromatic heterocycles. The Morgan fingerprint density at radius 1 is 1.22 bits per heavy atom. The molecular weight excluding hydrogens is 240 g/mol. The molecule has 0 amide bonds. The van der Waals surface area contributed by atoms with Crippen LogP contribution in [-0.4, -0.2) is 28.7 Å². The van der Waals surface area contributed by atoms with Crippen molar-refractivity contribution in [3.05, 3.63) is 30.1 Å². The van der Waals surface area contributed by atoms with E-state index in [1.165, 1.54) is 12.8 Å². The summed E-state index contributed by atoms with van der Waals surface area (Å²) in [6, 6.07) is 6.13. The SMILES string of the molecule is CCN(Cc1ccccn1)CC(CC)(CC)CS. The van der Waals surface area contributed by atoms with Crippen molar-refractivity contribution in [2.75, 3.05) is 18.8 Å². The van der Waals surface area contributed by atoms with E-state index >= 15 is 0 Å². The standard InChI is InChI=1S/C15H26N2S/c1-4-15(5-2,13-18)12-17(6-3)11-14-9-7-8-10-16-14/h7-10,18H,4-6,11-13H2,1-3H3. The number of hydrogen-bond acceptors (Lipinski definition) is 3. The van der Waals surface area contributed by atoms with Crippen molar-refractivity contribution in [1.82, 2.24) is 9.88 Å². The molecule has 0 bridgehead atoms. The Kier molecular flexibility index (Phi) is 6.72. The first kappa shape index (κ1) is 15.5. The van der Waals surface area contributed by atoms with Gasteiger partial charge in [-0.2, -0.15) is 12.6 Å². The summed E-state index contributed by atoms with van der Waals surface area (Å²) in [7, 11) is 0. The van der Waals surface area contributed by atoms with Gasteiger partial charge in [0.05, 0.1) is 5.69 Å². The molecule has 0 aliphatic carbocycles. The van der Waals surface area contributed by atoms with Crippen molar-refractivity contribution in [1.29, 1.82) is 0 Å². The minimum absolute atomic E-state index is 0.341. The Morgan fingerprint density at radius 2 is 1.94 bits per heavy atom. The molecule has 0 atom stereocenters. The summed E-state index contributed by atoms with van der Waals surface area (Å²) in [5.41, 5.74) is 1.49. The third kappa shape index (κ3) is 4.29. The maximum Gasteiger partial charge on any atom is 0.0543 e. The van der Waals surface area contributed by atoms with Gasteiger partial charge in [-0.3, -0.25) is 9.88 Å². The van der Waals surface area contributed by atoms with Crippen molar-refractivity contribution in [2.24, 2.45) is 5.41 Å². The average Bonchev–Trinajstić information content (AvgIpc) is 2.45. The van der Waals surface area contributed by atoms with E-state index in [1.807, 2.05) is 12.3 Å². The van der Waals surface area contributed by atoms with E-state index in [9.17, 15) is 0 Å². The number of aromatic nitrogens is 1. The highest BCUT2D eigenvalue weighted by atomic mass is 32.1. The van der Waals surface area contributed by atoms with Crippen LogP contribution in [-0.2, 0) is 6.54 Å². The van der Waals surface area contributed by atoms with Crippen LogP contribution < -0.4 is 0 Å². The molecule has 1 rings (SSSR count). The molecule has 2 nitrogen and oxygen atoms in total. The zero-order valence-electron chi connectivity index (χ0n) is 11.9. The lowest BCUT2D eigenvalue weighted by molar-refractivity contribution is 0.156.